The van der Waals surface area contributed by atoms with Crippen molar-refractivity contribution in [1.29, 1.82) is 0 Å². The van der Waals surface area contributed by atoms with Crippen molar-refractivity contribution in [1.82, 2.24) is 10.2 Å². The number of aliphatic imine (C=N–C) groups is 1. The summed E-state index contributed by atoms with van der Waals surface area (Å²) in [4.78, 5) is 33.3. The summed E-state index contributed by atoms with van der Waals surface area (Å²) in [5.41, 5.74) is 4.66. The SMILES string of the molecule is CCOC(=O)C1=C(c2ccccc2)N=C2SC=C(CC(=O)NCc3ccco3)N2[C@@H]1c1ccc(C)cc1. The number of hydrogen-bond donors (Lipinski definition) is 1. The number of carbonyl (C=O) groups excluding carboxylic acids is 2. The Labute approximate surface area is 219 Å². The number of nitrogens with one attached hydrogen (secondary N) is 1. The molecule has 0 radical (unpaired) electrons. The number of furan rings is 1. The highest BCUT2D eigenvalue weighted by atomic mass is 32.2. The largest absolute Gasteiger partial charge is 0.467 e. The summed E-state index contributed by atoms with van der Waals surface area (Å²) in [5.74, 6) is 0.108. The van der Waals surface area contributed by atoms with Gasteiger partial charge < -0.3 is 19.4 Å². The van der Waals surface area contributed by atoms with Crippen LogP contribution in [-0.4, -0.2) is 28.6 Å². The van der Waals surface area contributed by atoms with Gasteiger partial charge in [-0.2, -0.15) is 0 Å². The molecule has 0 fully saturated rings. The molecule has 2 aliphatic heterocycles. The molecular weight excluding hydrogens is 486 g/mol. The molecule has 1 aromatic heterocycles. The van der Waals surface area contributed by atoms with Crippen molar-refractivity contribution in [2.24, 2.45) is 4.99 Å². The van der Waals surface area contributed by atoms with Crippen molar-refractivity contribution in [3.8, 4) is 0 Å². The molecule has 0 unspecified atom stereocenters. The number of benzene rings is 2. The van der Waals surface area contributed by atoms with Gasteiger partial charge in [-0.1, -0.05) is 71.9 Å². The molecule has 8 heteroatoms. The minimum atomic E-state index is -0.499. The Kier molecular flexibility index (Phi) is 7.28. The molecule has 0 bridgehead atoms. The van der Waals surface area contributed by atoms with Crippen molar-refractivity contribution in [3.05, 3.63) is 112 Å². The predicted octanol–water partition coefficient (Wildman–Crippen LogP) is 5.57. The first-order valence-corrected chi connectivity index (χ1v) is 13.0. The molecule has 1 atom stereocenters. The second-order valence-electron chi connectivity index (χ2n) is 8.69. The number of hydrogen-bond acceptors (Lipinski definition) is 7. The molecule has 0 saturated heterocycles. The van der Waals surface area contributed by atoms with E-state index in [1.54, 1.807) is 19.3 Å². The number of carbonyl (C=O) groups is 2. The van der Waals surface area contributed by atoms with Gasteiger partial charge in [0.25, 0.3) is 0 Å². The summed E-state index contributed by atoms with van der Waals surface area (Å²) in [7, 11) is 0. The molecule has 2 aromatic carbocycles. The topological polar surface area (TPSA) is 84.1 Å². The van der Waals surface area contributed by atoms with Crippen LogP contribution in [0.1, 0.15) is 41.8 Å². The Morgan fingerprint density at radius 1 is 1.08 bits per heavy atom. The van der Waals surface area contributed by atoms with E-state index in [9.17, 15) is 9.59 Å². The van der Waals surface area contributed by atoms with Crippen LogP contribution < -0.4 is 5.32 Å². The highest BCUT2D eigenvalue weighted by molar-refractivity contribution is 8.16. The van der Waals surface area contributed by atoms with E-state index in [1.807, 2.05) is 77.9 Å². The average molecular weight is 514 g/mol. The highest BCUT2D eigenvalue weighted by Crippen LogP contribution is 2.47. The molecule has 2 aliphatic rings. The number of amidine groups is 1. The molecule has 0 spiro atoms. The number of amides is 1. The molecule has 5 rings (SSSR count). The number of nitrogens with zero attached hydrogens (tertiary/aromatic N) is 2. The van der Waals surface area contributed by atoms with Crippen molar-refractivity contribution < 1.29 is 18.7 Å². The standard InChI is InChI=1S/C29H27N3O4S/c1-3-35-28(34)25-26(20-8-5-4-6-9-20)31-29-32(27(25)21-13-11-19(2)12-14-21)22(18-37-29)16-24(33)30-17-23-10-7-15-36-23/h4-15,18,27H,3,16-17H2,1-2H3,(H,30,33)/t27-/m1/s1. The molecule has 188 valence electrons. The fraction of sp³-hybridized carbons (Fsp3) is 0.207. The van der Waals surface area contributed by atoms with E-state index in [0.29, 0.717) is 28.7 Å². The summed E-state index contributed by atoms with van der Waals surface area (Å²) in [6.45, 7) is 4.36. The van der Waals surface area contributed by atoms with Gasteiger partial charge >= 0.3 is 5.97 Å². The fourth-order valence-corrected chi connectivity index (χ4v) is 5.30. The minimum absolute atomic E-state index is 0.131. The number of ether oxygens (including phenoxy) is 1. The van der Waals surface area contributed by atoms with E-state index in [0.717, 1.165) is 22.4 Å². The molecular formula is C29H27N3O4S. The van der Waals surface area contributed by atoms with Crippen molar-refractivity contribution in [2.75, 3.05) is 6.61 Å². The quantitative estimate of drug-likeness (QED) is 0.397. The zero-order chi connectivity index (χ0) is 25.8. The Morgan fingerprint density at radius 2 is 1.86 bits per heavy atom. The maximum Gasteiger partial charge on any atom is 0.338 e. The number of esters is 1. The van der Waals surface area contributed by atoms with Gasteiger partial charge in [-0.3, -0.25) is 4.79 Å². The van der Waals surface area contributed by atoms with Gasteiger partial charge in [0.2, 0.25) is 5.91 Å². The number of rotatable bonds is 8. The van der Waals surface area contributed by atoms with Crippen LogP contribution in [0.5, 0.6) is 0 Å². The first-order valence-electron chi connectivity index (χ1n) is 12.1. The van der Waals surface area contributed by atoms with E-state index in [-0.39, 0.29) is 18.9 Å². The first kappa shape index (κ1) is 24.6. The lowest BCUT2D eigenvalue weighted by molar-refractivity contribution is -0.139. The Bertz CT molecular complexity index is 1380. The van der Waals surface area contributed by atoms with Gasteiger partial charge in [-0.05, 0) is 37.0 Å². The van der Waals surface area contributed by atoms with Gasteiger partial charge in [0.1, 0.15) is 5.76 Å². The van der Waals surface area contributed by atoms with Crippen LogP contribution in [0.15, 0.2) is 99.1 Å². The fourth-order valence-electron chi connectivity index (χ4n) is 4.38. The van der Waals surface area contributed by atoms with Crippen LogP contribution in [0.3, 0.4) is 0 Å². The first-order chi connectivity index (χ1) is 18.0. The lowest BCUT2D eigenvalue weighted by atomic mass is 9.91. The Morgan fingerprint density at radius 3 is 2.57 bits per heavy atom. The highest BCUT2D eigenvalue weighted by Gasteiger charge is 2.42. The predicted molar refractivity (Wildman–Crippen MR) is 144 cm³/mol. The molecule has 1 amide bonds. The van der Waals surface area contributed by atoms with Gasteiger partial charge in [0, 0.05) is 11.3 Å². The second kappa shape index (κ2) is 10.9. The van der Waals surface area contributed by atoms with E-state index in [2.05, 4.69) is 5.32 Å². The van der Waals surface area contributed by atoms with Crippen molar-refractivity contribution >= 4 is 34.5 Å². The van der Waals surface area contributed by atoms with Crippen LogP contribution in [0.4, 0.5) is 0 Å². The summed E-state index contributed by atoms with van der Waals surface area (Å²) in [6.07, 6.45) is 1.71. The summed E-state index contributed by atoms with van der Waals surface area (Å²) < 4.78 is 10.9. The molecule has 0 saturated carbocycles. The Balaban J connectivity index is 1.54. The average Bonchev–Trinajstić information content (AvgIpc) is 3.58. The normalized spacial score (nSPS) is 16.7. The molecule has 3 aromatic rings. The minimum Gasteiger partial charge on any atom is -0.467 e. The van der Waals surface area contributed by atoms with Gasteiger partial charge in [-0.15, -0.1) is 0 Å². The smallest absolute Gasteiger partial charge is 0.338 e. The van der Waals surface area contributed by atoms with Crippen LogP contribution in [-0.2, 0) is 20.9 Å². The third kappa shape index (κ3) is 5.24. The zero-order valence-corrected chi connectivity index (χ0v) is 21.5. The third-order valence-corrected chi connectivity index (χ3v) is 7.02. The zero-order valence-electron chi connectivity index (χ0n) is 20.6. The van der Waals surface area contributed by atoms with Gasteiger partial charge in [-0.25, -0.2) is 9.79 Å². The van der Waals surface area contributed by atoms with Crippen LogP contribution in [0.2, 0.25) is 0 Å². The number of fused-ring (bicyclic) bond motifs is 1. The van der Waals surface area contributed by atoms with Crippen LogP contribution >= 0.6 is 11.8 Å². The van der Waals surface area contributed by atoms with E-state index >= 15 is 0 Å². The maximum absolute atomic E-state index is 13.5. The maximum atomic E-state index is 13.5. The molecule has 3 heterocycles. The molecule has 0 aliphatic carbocycles. The second-order valence-corrected chi connectivity index (χ2v) is 9.52. The number of thioether (sulfide) groups is 1. The summed E-state index contributed by atoms with van der Waals surface area (Å²) in [5, 5.41) is 5.55. The van der Waals surface area contributed by atoms with E-state index in [1.165, 1.54) is 11.8 Å². The lowest BCUT2D eigenvalue weighted by Crippen LogP contribution is -2.38. The molecule has 37 heavy (non-hydrogen) atoms. The van der Waals surface area contributed by atoms with Crippen LogP contribution in [0, 0.1) is 6.92 Å². The lowest BCUT2D eigenvalue weighted by Gasteiger charge is -2.36. The van der Waals surface area contributed by atoms with Gasteiger partial charge in [0.05, 0.1) is 43.1 Å². The third-order valence-electron chi connectivity index (χ3n) is 6.13. The van der Waals surface area contributed by atoms with Gasteiger partial charge in [0.15, 0.2) is 5.17 Å². The van der Waals surface area contributed by atoms with Crippen LogP contribution in [0.25, 0.3) is 5.70 Å². The molecule has 1 N–H and O–H groups in total. The monoisotopic (exact) mass is 513 g/mol. The van der Waals surface area contributed by atoms with Crippen molar-refractivity contribution in [3.63, 3.8) is 0 Å². The van der Waals surface area contributed by atoms with Crippen molar-refractivity contribution in [2.45, 2.75) is 32.9 Å². The number of aryl methyl sites for hydroxylation is 1. The summed E-state index contributed by atoms with van der Waals surface area (Å²) >= 11 is 1.45. The summed E-state index contributed by atoms with van der Waals surface area (Å²) in [6, 6.07) is 20.8. The van der Waals surface area contributed by atoms with E-state index in [4.69, 9.17) is 14.1 Å². The molecule has 7 nitrogen and oxygen atoms in total. The Hall–Kier alpha value is -4.04. The van der Waals surface area contributed by atoms with E-state index < -0.39 is 12.0 Å².